The number of aliphatic imine (C=N–C) groups is 1. The van der Waals surface area contributed by atoms with Crippen LogP contribution >= 0.6 is 24.0 Å². The van der Waals surface area contributed by atoms with Gasteiger partial charge in [0.05, 0.1) is 12.7 Å². The quantitative estimate of drug-likeness (QED) is 0.332. The van der Waals surface area contributed by atoms with Crippen molar-refractivity contribution in [1.29, 1.82) is 0 Å². The molecule has 0 spiro atoms. The molecule has 0 bridgehead atoms. The Morgan fingerprint density at radius 2 is 2.07 bits per heavy atom. The minimum Gasteiger partial charge on any atom is -0.374 e. The zero-order chi connectivity index (χ0) is 19.9. The van der Waals surface area contributed by atoms with E-state index in [0.29, 0.717) is 24.2 Å². The highest BCUT2D eigenvalue weighted by molar-refractivity contribution is 14.0. The molecular formula is C19H37IN6O2. The first kappa shape index (κ1) is 25.1. The molecule has 0 aromatic carbocycles. The lowest BCUT2D eigenvalue weighted by Crippen LogP contribution is -2.50. The average molecular weight is 508 g/mol. The van der Waals surface area contributed by atoms with Crippen LogP contribution in [0.25, 0.3) is 0 Å². The Balaban J connectivity index is 0.00000392. The van der Waals surface area contributed by atoms with Crippen LogP contribution < -0.4 is 10.6 Å². The number of morpholine rings is 1. The normalized spacial score (nSPS) is 18.8. The maximum atomic E-state index is 5.90. The maximum absolute atomic E-state index is 5.90. The number of guanidine groups is 1. The number of hydrogen-bond acceptors (Lipinski definition) is 6. The van der Waals surface area contributed by atoms with Crippen molar-refractivity contribution in [2.45, 2.75) is 59.6 Å². The molecule has 1 atom stereocenters. The number of nitrogens with zero attached hydrogens (tertiary/aromatic N) is 4. The van der Waals surface area contributed by atoms with Gasteiger partial charge in [-0.05, 0) is 12.8 Å². The van der Waals surface area contributed by atoms with E-state index in [9.17, 15) is 0 Å². The van der Waals surface area contributed by atoms with Crippen LogP contribution in [0, 0.1) is 5.92 Å². The van der Waals surface area contributed by atoms with E-state index in [1.54, 1.807) is 0 Å². The molecule has 162 valence electrons. The number of halogens is 1. The molecule has 1 unspecified atom stereocenters. The molecule has 28 heavy (non-hydrogen) atoms. The number of nitrogens with one attached hydrogen (secondary N) is 2. The molecular weight excluding hydrogens is 471 g/mol. The van der Waals surface area contributed by atoms with Gasteiger partial charge < -0.3 is 19.9 Å². The first-order valence-corrected chi connectivity index (χ1v) is 9.97. The molecule has 1 aromatic rings. The molecule has 2 rings (SSSR count). The zero-order valence-electron chi connectivity index (χ0n) is 18.1. The lowest BCUT2D eigenvalue weighted by Gasteiger charge is -2.34. The fourth-order valence-corrected chi connectivity index (χ4v) is 2.91. The second-order valence-corrected chi connectivity index (χ2v) is 8.49. The van der Waals surface area contributed by atoms with Gasteiger partial charge in [0.2, 0.25) is 5.89 Å². The van der Waals surface area contributed by atoms with Crippen LogP contribution in [0.15, 0.2) is 9.52 Å². The molecule has 1 saturated heterocycles. The Kier molecular flexibility index (Phi) is 10.7. The molecule has 0 aliphatic carbocycles. The van der Waals surface area contributed by atoms with E-state index in [4.69, 9.17) is 9.26 Å². The molecule has 0 amide bonds. The predicted octanol–water partition coefficient (Wildman–Crippen LogP) is 2.40. The Bertz CT molecular complexity index is 599. The van der Waals surface area contributed by atoms with Gasteiger partial charge >= 0.3 is 0 Å². The third-order valence-corrected chi connectivity index (χ3v) is 4.18. The summed E-state index contributed by atoms with van der Waals surface area (Å²) in [4.78, 5) is 11.5. The maximum Gasteiger partial charge on any atom is 0.232 e. The summed E-state index contributed by atoms with van der Waals surface area (Å²) in [5, 5.41) is 10.7. The van der Waals surface area contributed by atoms with Crippen molar-refractivity contribution in [1.82, 2.24) is 25.7 Å². The lowest BCUT2D eigenvalue weighted by atomic mass is 9.97. The Morgan fingerprint density at radius 3 is 2.68 bits per heavy atom. The summed E-state index contributed by atoms with van der Waals surface area (Å²) in [5.41, 5.74) is -0.155. The monoisotopic (exact) mass is 508 g/mol. The van der Waals surface area contributed by atoms with Crippen molar-refractivity contribution in [2.75, 3.05) is 39.3 Å². The third-order valence-electron chi connectivity index (χ3n) is 4.18. The third kappa shape index (κ3) is 8.60. The van der Waals surface area contributed by atoms with Gasteiger partial charge in [-0.2, -0.15) is 4.98 Å². The minimum atomic E-state index is -0.155. The molecule has 2 N–H and O–H groups in total. The topological polar surface area (TPSA) is 87.8 Å². The van der Waals surface area contributed by atoms with Crippen LogP contribution in [0.1, 0.15) is 53.3 Å². The Labute approximate surface area is 186 Å². The van der Waals surface area contributed by atoms with Gasteiger partial charge in [-0.25, -0.2) is 4.99 Å². The fraction of sp³-hybridized carbons (Fsp3) is 0.842. The highest BCUT2D eigenvalue weighted by atomic mass is 127. The molecule has 2 heterocycles. The van der Waals surface area contributed by atoms with Crippen LogP contribution in [0.2, 0.25) is 0 Å². The highest BCUT2D eigenvalue weighted by Crippen LogP contribution is 2.19. The Hall–Kier alpha value is -0.940. The van der Waals surface area contributed by atoms with Gasteiger partial charge in [-0.3, -0.25) is 4.90 Å². The van der Waals surface area contributed by atoms with Gasteiger partial charge in [0, 0.05) is 38.1 Å². The van der Waals surface area contributed by atoms with Crippen molar-refractivity contribution >= 4 is 29.9 Å². The molecule has 0 saturated carbocycles. The largest absolute Gasteiger partial charge is 0.374 e. The van der Waals surface area contributed by atoms with Crippen LogP contribution in [-0.4, -0.2) is 66.4 Å². The molecule has 1 aliphatic rings. The molecule has 1 fully saturated rings. The van der Waals surface area contributed by atoms with E-state index in [2.05, 4.69) is 44.5 Å². The molecule has 9 heteroatoms. The number of rotatable bonds is 7. The smallest absolute Gasteiger partial charge is 0.232 e. The number of hydrogen-bond donors (Lipinski definition) is 2. The molecule has 0 radical (unpaired) electrons. The Morgan fingerprint density at radius 1 is 1.32 bits per heavy atom. The summed E-state index contributed by atoms with van der Waals surface area (Å²) in [6, 6.07) is 0. The summed E-state index contributed by atoms with van der Waals surface area (Å²) in [7, 11) is 0. The summed E-state index contributed by atoms with van der Waals surface area (Å²) in [6.07, 6.45) is 0.166. The first-order chi connectivity index (χ1) is 12.8. The summed E-state index contributed by atoms with van der Waals surface area (Å²) < 4.78 is 11.2. The van der Waals surface area contributed by atoms with Crippen molar-refractivity contribution in [3.8, 4) is 0 Å². The van der Waals surface area contributed by atoms with E-state index in [1.165, 1.54) is 0 Å². The van der Waals surface area contributed by atoms with Crippen molar-refractivity contribution in [3.63, 3.8) is 0 Å². The van der Waals surface area contributed by atoms with Crippen LogP contribution in [-0.2, 0) is 16.7 Å². The molecule has 1 aromatic heterocycles. The van der Waals surface area contributed by atoms with Crippen LogP contribution in [0.5, 0.6) is 0 Å². The van der Waals surface area contributed by atoms with Crippen LogP contribution in [0.4, 0.5) is 0 Å². The van der Waals surface area contributed by atoms with Crippen LogP contribution in [0.3, 0.4) is 0 Å². The van der Waals surface area contributed by atoms with Crippen molar-refractivity contribution in [2.24, 2.45) is 10.9 Å². The molecule has 8 nitrogen and oxygen atoms in total. The first-order valence-electron chi connectivity index (χ1n) is 9.97. The lowest BCUT2D eigenvalue weighted by molar-refractivity contribution is -0.0284. The summed E-state index contributed by atoms with van der Waals surface area (Å²) in [5.74, 6) is 2.63. The predicted molar refractivity (Wildman–Crippen MR) is 122 cm³/mol. The van der Waals surface area contributed by atoms with Gasteiger partial charge in [-0.1, -0.05) is 39.8 Å². The SMILES string of the molecule is CCNC(=NCc1noc(C(C)(C)C)n1)NCC1CN(CC(C)C)CCO1.I. The van der Waals surface area contributed by atoms with E-state index in [0.717, 1.165) is 45.3 Å². The van der Waals surface area contributed by atoms with Crippen molar-refractivity contribution < 1.29 is 9.26 Å². The minimum absolute atomic E-state index is 0. The second-order valence-electron chi connectivity index (χ2n) is 8.49. The van der Waals surface area contributed by atoms with Gasteiger partial charge in [0.15, 0.2) is 11.8 Å². The fourth-order valence-electron chi connectivity index (χ4n) is 2.91. The van der Waals surface area contributed by atoms with E-state index >= 15 is 0 Å². The van der Waals surface area contributed by atoms with Gasteiger partial charge in [0.25, 0.3) is 0 Å². The average Bonchev–Trinajstić information content (AvgIpc) is 3.06. The van der Waals surface area contributed by atoms with E-state index < -0.39 is 0 Å². The second kappa shape index (κ2) is 11.9. The van der Waals surface area contributed by atoms with Gasteiger partial charge in [0.1, 0.15) is 6.54 Å². The number of aromatic nitrogens is 2. The summed E-state index contributed by atoms with van der Waals surface area (Å²) >= 11 is 0. The van der Waals surface area contributed by atoms with E-state index in [1.807, 2.05) is 27.7 Å². The van der Waals surface area contributed by atoms with E-state index in [-0.39, 0.29) is 35.5 Å². The zero-order valence-corrected chi connectivity index (χ0v) is 20.4. The number of ether oxygens (including phenoxy) is 1. The van der Waals surface area contributed by atoms with Crippen molar-refractivity contribution in [3.05, 3.63) is 11.7 Å². The summed E-state index contributed by atoms with van der Waals surface area (Å²) in [6.45, 7) is 18.4. The molecule has 1 aliphatic heterocycles. The van der Waals surface area contributed by atoms with Gasteiger partial charge in [-0.15, -0.1) is 24.0 Å². The standard InChI is InChI=1S/C19H36N6O2.HI/c1-7-20-18(22-11-16-23-17(27-24-16)19(4,5)6)21-10-15-13-25(8-9-26-15)12-14(2)3;/h14-15H,7-13H2,1-6H3,(H2,20,21,22);1H. The highest BCUT2D eigenvalue weighted by Gasteiger charge is 2.22.